The monoisotopic (exact) mass is 419 g/mol. The fourth-order valence-corrected chi connectivity index (χ4v) is 3.87. The molecule has 3 amide bonds. The molecule has 1 aliphatic carbocycles. The van der Waals surface area contributed by atoms with E-state index in [0.717, 1.165) is 6.42 Å². The van der Waals surface area contributed by atoms with Crippen molar-refractivity contribution in [1.82, 2.24) is 5.43 Å². The number of hydrogen-bond acceptors (Lipinski definition) is 4. The van der Waals surface area contributed by atoms with E-state index >= 15 is 0 Å². The van der Waals surface area contributed by atoms with Crippen LogP contribution in [0.1, 0.15) is 36.5 Å². The molecule has 2 N–H and O–H groups in total. The van der Waals surface area contributed by atoms with Crippen LogP contribution in [0.5, 0.6) is 5.75 Å². The van der Waals surface area contributed by atoms with Gasteiger partial charge in [-0.15, -0.1) is 0 Å². The van der Waals surface area contributed by atoms with Gasteiger partial charge in [-0.1, -0.05) is 37.3 Å². The molecule has 0 spiro atoms. The fraction of sp³-hybridized carbons (Fsp3) is 0.292. The Morgan fingerprint density at radius 3 is 2.68 bits per heavy atom. The maximum Gasteiger partial charge on any atom is 0.255 e. The quantitative estimate of drug-likeness (QED) is 0.699. The number of hydrazine groups is 1. The van der Waals surface area contributed by atoms with Gasteiger partial charge in [-0.05, 0) is 49.6 Å². The number of ether oxygens (including phenoxy) is 1. The van der Waals surface area contributed by atoms with Gasteiger partial charge in [-0.3, -0.25) is 19.8 Å². The van der Waals surface area contributed by atoms with Crippen LogP contribution in [-0.4, -0.2) is 24.3 Å². The average Bonchev–Trinajstić information content (AvgIpc) is 2.81. The molecule has 0 bridgehead atoms. The lowest BCUT2D eigenvalue weighted by Crippen LogP contribution is -2.59. The highest BCUT2D eigenvalue weighted by atomic mass is 16.5. The van der Waals surface area contributed by atoms with Gasteiger partial charge < -0.3 is 10.1 Å². The van der Waals surface area contributed by atoms with Gasteiger partial charge in [0.2, 0.25) is 11.8 Å². The fourth-order valence-electron chi connectivity index (χ4n) is 3.87. The van der Waals surface area contributed by atoms with Gasteiger partial charge in [0.05, 0.1) is 29.8 Å². The third-order valence-corrected chi connectivity index (χ3v) is 5.49. The van der Waals surface area contributed by atoms with Crippen molar-refractivity contribution in [3.05, 3.63) is 66.2 Å². The number of allylic oxidation sites excluding steroid dienone is 2. The van der Waals surface area contributed by atoms with E-state index < -0.39 is 0 Å². The Kier molecular flexibility index (Phi) is 6.02. The molecule has 4 rings (SSSR count). The lowest BCUT2D eigenvalue weighted by molar-refractivity contribution is -0.139. The predicted molar refractivity (Wildman–Crippen MR) is 118 cm³/mol. The Morgan fingerprint density at radius 1 is 1.10 bits per heavy atom. The number of hydrogen-bond donors (Lipinski definition) is 2. The standard InChI is InChI=1S/C24H25N3O4/c1-2-14-31-21-13-6-5-12-20(21)25-22(28)16-8-7-9-17(15-16)27-24(30)19-11-4-3-10-18(19)23(29)26-27/h3-9,12-13,15,18-19H,2,10-11,14H2,1H3,(H,25,28)(H,26,29)/t18-,19+/m1/s1. The molecule has 31 heavy (non-hydrogen) atoms. The smallest absolute Gasteiger partial charge is 0.255 e. The molecule has 1 saturated heterocycles. The summed E-state index contributed by atoms with van der Waals surface area (Å²) in [5.41, 5.74) is 4.09. The van der Waals surface area contributed by atoms with E-state index in [4.69, 9.17) is 4.74 Å². The second-order valence-electron chi connectivity index (χ2n) is 7.65. The Balaban J connectivity index is 1.54. The molecule has 160 valence electrons. The number of para-hydroxylation sites is 2. The van der Waals surface area contributed by atoms with Crippen LogP contribution in [0, 0.1) is 11.8 Å². The minimum absolute atomic E-state index is 0.162. The molecule has 7 heteroatoms. The van der Waals surface area contributed by atoms with Gasteiger partial charge in [0, 0.05) is 5.56 Å². The number of carbonyl (C=O) groups is 3. The molecule has 2 aromatic rings. The highest BCUT2D eigenvalue weighted by Crippen LogP contribution is 2.32. The van der Waals surface area contributed by atoms with E-state index in [-0.39, 0.29) is 29.6 Å². The first-order chi connectivity index (χ1) is 15.1. The molecular formula is C24H25N3O4. The Morgan fingerprint density at radius 2 is 1.87 bits per heavy atom. The van der Waals surface area contributed by atoms with Gasteiger partial charge in [0.25, 0.3) is 5.91 Å². The summed E-state index contributed by atoms with van der Waals surface area (Å²) in [5, 5.41) is 4.13. The number of amides is 3. The van der Waals surface area contributed by atoms with Crippen molar-refractivity contribution in [2.45, 2.75) is 26.2 Å². The molecule has 2 atom stereocenters. The number of nitrogens with zero attached hydrogens (tertiary/aromatic N) is 1. The van der Waals surface area contributed by atoms with E-state index in [2.05, 4.69) is 10.7 Å². The Labute approximate surface area is 181 Å². The summed E-state index contributed by atoms with van der Waals surface area (Å²) in [4.78, 5) is 38.4. The molecule has 0 radical (unpaired) electrons. The number of rotatable bonds is 6. The molecule has 0 aromatic heterocycles. The van der Waals surface area contributed by atoms with Crippen molar-refractivity contribution in [1.29, 1.82) is 0 Å². The molecule has 1 fully saturated rings. The lowest BCUT2D eigenvalue weighted by atomic mass is 9.80. The van der Waals surface area contributed by atoms with E-state index in [1.807, 2.05) is 31.2 Å². The second kappa shape index (κ2) is 9.04. The number of nitrogens with one attached hydrogen (secondary N) is 2. The summed E-state index contributed by atoms with van der Waals surface area (Å²) in [7, 11) is 0. The van der Waals surface area contributed by atoms with Crippen LogP contribution in [0.3, 0.4) is 0 Å². The van der Waals surface area contributed by atoms with E-state index in [0.29, 0.717) is 42.1 Å². The molecule has 0 unspecified atom stereocenters. The van der Waals surface area contributed by atoms with Gasteiger partial charge in [-0.25, -0.2) is 5.01 Å². The minimum Gasteiger partial charge on any atom is -0.491 e. The SMILES string of the molecule is CCCOc1ccccc1NC(=O)c1cccc(N2NC(=O)[C@@H]3CC=CC[C@@H]3C2=O)c1. The molecular weight excluding hydrogens is 394 g/mol. The van der Waals surface area contributed by atoms with E-state index in [1.54, 1.807) is 36.4 Å². The van der Waals surface area contributed by atoms with Crippen molar-refractivity contribution in [3.8, 4) is 5.75 Å². The first kappa shape index (κ1) is 20.7. The zero-order chi connectivity index (χ0) is 21.8. The number of carbonyl (C=O) groups excluding carboxylic acids is 3. The van der Waals surface area contributed by atoms with Crippen molar-refractivity contribution >= 4 is 29.1 Å². The first-order valence-corrected chi connectivity index (χ1v) is 10.5. The zero-order valence-electron chi connectivity index (χ0n) is 17.3. The van der Waals surface area contributed by atoms with Crippen LogP contribution < -0.4 is 20.5 Å². The molecule has 0 saturated carbocycles. The molecule has 1 aliphatic heterocycles. The van der Waals surface area contributed by atoms with Crippen LogP contribution in [0.4, 0.5) is 11.4 Å². The maximum absolute atomic E-state index is 13.0. The normalized spacial score (nSPS) is 20.1. The number of anilines is 2. The van der Waals surface area contributed by atoms with Gasteiger partial charge in [0.1, 0.15) is 5.75 Å². The third kappa shape index (κ3) is 4.30. The molecule has 2 aliphatic rings. The summed E-state index contributed by atoms with van der Waals surface area (Å²) in [6, 6.07) is 13.9. The number of fused-ring (bicyclic) bond motifs is 1. The van der Waals surface area contributed by atoms with Gasteiger partial charge >= 0.3 is 0 Å². The van der Waals surface area contributed by atoms with Crippen molar-refractivity contribution < 1.29 is 19.1 Å². The van der Waals surface area contributed by atoms with Gasteiger partial charge in [-0.2, -0.15) is 0 Å². The summed E-state index contributed by atoms with van der Waals surface area (Å²) in [6.07, 6.45) is 5.85. The summed E-state index contributed by atoms with van der Waals surface area (Å²) >= 11 is 0. The minimum atomic E-state index is -0.376. The predicted octanol–water partition coefficient (Wildman–Crippen LogP) is 3.69. The first-order valence-electron chi connectivity index (χ1n) is 10.5. The van der Waals surface area contributed by atoms with Crippen molar-refractivity contribution in [2.75, 3.05) is 16.9 Å². The lowest BCUT2D eigenvalue weighted by Gasteiger charge is -2.38. The molecule has 2 aromatic carbocycles. The Bertz CT molecular complexity index is 1030. The third-order valence-electron chi connectivity index (χ3n) is 5.49. The van der Waals surface area contributed by atoms with Gasteiger partial charge in [0.15, 0.2) is 0 Å². The molecule has 1 heterocycles. The average molecular weight is 419 g/mol. The second-order valence-corrected chi connectivity index (χ2v) is 7.65. The van der Waals surface area contributed by atoms with E-state index in [1.165, 1.54) is 5.01 Å². The van der Waals surface area contributed by atoms with Crippen LogP contribution in [-0.2, 0) is 9.59 Å². The Hall–Kier alpha value is -3.61. The van der Waals surface area contributed by atoms with Crippen molar-refractivity contribution in [3.63, 3.8) is 0 Å². The maximum atomic E-state index is 13.0. The van der Waals surface area contributed by atoms with Crippen LogP contribution >= 0.6 is 0 Å². The topological polar surface area (TPSA) is 87.7 Å². The zero-order valence-corrected chi connectivity index (χ0v) is 17.3. The number of benzene rings is 2. The summed E-state index contributed by atoms with van der Waals surface area (Å²) in [5.74, 6) is -0.776. The summed E-state index contributed by atoms with van der Waals surface area (Å²) in [6.45, 7) is 2.57. The van der Waals surface area contributed by atoms with Crippen molar-refractivity contribution in [2.24, 2.45) is 11.8 Å². The highest BCUT2D eigenvalue weighted by molar-refractivity contribution is 6.07. The molecule has 7 nitrogen and oxygen atoms in total. The van der Waals surface area contributed by atoms with Crippen LogP contribution in [0.15, 0.2) is 60.7 Å². The van der Waals surface area contributed by atoms with E-state index in [9.17, 15) is 14.4 Å². The summed E-state index contributed by atoms with van der Waals surface area (Å²) < 4.78 is 5.70. The van der Waals surface area contributed by atoms with Crippen LogP contribution in [0.25, 0.3) is 0 Å². The largest absolute Gasteiger partial charge is 0.491 e. The van der Waals surface area contributed by atoms with Crippen LogP contribution in [0.2, 0.25) is 0 Å². The highest BCUT2D eigenvalue weighted by Gasteiger charge is 2.42.